The van der Waals surface area contributed by atoms with Gasteiger partial charge in [-0.1, -0.05) is 23.8 Å². The summed E-state index contributed by atoms with van der Waals surface area (Å²) >= 11 is 0. The molecule has 1 aliphatic carbocycles. The summed E-state index contributed by atoms with van der Waals surface area (Å²) in [7, 11) is 3.14. The molecule has 3 rings (SSSR count). The zero-order valence-electron chi connectivity index (χ0n) is 17.6. The van der Waals surface area contributed by atoms with Crippen molar-refractivity contribution >= 4 is 17.5 Å². The van der Waals surface area contributed by atoms with E-state index >= 15 is 0 Å². The summed E-state index contributed by atoms with van der Waals surface area (Å²) in [5, 5.41) is 5.88. The van der Waals surface area contributed by atoms with Gasteiger partial charge in [0.15, 0.2) is 11.5 Å². The van der Waals surface area contributed by atoms with Crippen LogP contribution in [0.25, 0.3) is 0 Å². The Labute approximate surface area is 171 Å². The molecule has 154 valence electrons. The number of amides is 2. The second-order valence-electron chi connectivity index (χ2n) is 7.68. The highest BCUT2D eigenvalue weighted by atomic mass is 16.5. The third kappa shape index (κ3) is 4.21. The fourth-order valence-corrected chi connectivity index (χ4v) is 3.63. The highest BCUT2D eigenvalue weighted by molar-refractivity contribution is 6.13. The first-order valence-electron chi connectivity index (χ1n) is 9.69. The van der Waals surface area contributed by atoms with Crippen LogP contribution in [0.1, 0.15) is 35.1 Å². The Balaban J connectivity index is 1.67. The van der Waals surface area contributed by atoms with Gasteiger partial charge in [-0.2, -0.15) is 0 Å². The van der Waals surface area contributed by atoms with Crippen LogP contribution >= 0.6 is 0 Å². The van der Waals surface area contributed by atoms with Crippen molar-refractivity contribution in [3.8, 4) is 11.5 Å². The maximum Gasteiger partial charge on any atom is 0.240 e. The summed E-state index contributed by atoms with van der Waals surface area (Å²) in [4.78, 5) is 25.7. The maximum atomic E-state index is 12.9. The number of nitrogens with one attached hydrogen (secondary N) is 2. The first-order chi connectivity index (χ1) is 13.8. The summed E-state index contributed by atoms with van der Waals surface area (Å²) in [6.45, 7) is 6.27. The quantitative estimate of drug-likeness (QED) is 0.700. The fraction of sp³-hybridized carbons (Fsp3) is 0.391. The number of hydrogen-bond acceptors (Lipinski definition) is 4. The van der Waals surface area contributed by atoms with Gasteiger partial charge in [-0.05, 0) is 62.4 Å². The number of ether oxygens (including phenoxy) is 2. The first-order valence-corrected chi connectivity index (χ1v) is 9.69. The van der Waals surface area contributed by atoms with Gasteiger partial charge in [0, 0.05) is 12.2 Å². The molecule has 1 saturated carbocycles. The van der Waals surface area contributed by atoms with E-state index in [-0.39, 0.29) is 11.8 Å². The standard InChI is InChI=1S/C23H28N2O4/c1-14-10-15(2)20(16(3)11-14)25-22(27)23(8-9-23)21(26)24-13-17-6-7-18(28-4)19(12-17)29-5/h6-7,10-12H,8-9,13H2,1-5H3,(H,24,26)(H,25,27). The van der Waals surface area contributed by atoms with Crippen molar-refractivity contribution in [1.82, 2.24) is 5.32 Å². The van der Waals surface area contributed by atoms with Gasteiger partial charge in [0.05, 0.1) is 14.2 Å². The normalized spacial score (nSPS) is 14.1. The SMILES string of the molecule is COc1ccc(CNC(=O)C2(C(=O)Nc3c(C)cc(C)cc3C)CC2)cc1OC. The van der Waals surface area contributed by atoms with Crippen LogP contribution in [-0.4, -0.2) is 26.0 Å². The molecular formula is C23H28N2O4. The predicted octanol–water partition coefficient (Wildman–Crippen LogP) is 3.66. The van der Waals surface area contributed by atoms with Gasteiger partial charge in [-0.25, -0.2) is 0 Å². The topological polar surface area (TPSA) is 76.7 Å². The lowest BCUT2D eigenvalue weighted by molar-refractivity contribution is -0.134. The van der Waals surface area contributed by atoms with Gasteiger partial charge in [-0.15, -0.1) is 0 Å². The first kappa shape index (κ1) is 20.7. The molecule has 1 fully saturated rings. The van der Waals surface area contributed by atoms with E-state index in [9.17, 15) is 9.59 Å². The van der Waals surface area contributed by atoms with Crippen molar-refractivity contribution in [3.63, 3.8) is 0 Å². The summed E-state index contributed by atoms with van der Waals surface area (Å²) in [6, 6.07) is 9.53. The average Bonchev–Trinajstić information content (AvgIpc) is 3.50. The van der Waals surface area contributed by atoms with E-state index in [4.69, 9.17) is 9.47 Å². The second kappa shape index (κ2) is 8.15. The molecule has 6 heteroatoms. The van der Waals surface area contributed by atoms with Crippen LogP contribution in [-0.2, 0) is 16.1 Å². The van der Waals surface area contributed by atoms with E-state index in [1.54, 1.807) is 20.3 Å². The molecule has 0 aliphatic heterocycles. The molecule has 2 aromatic carbocycles. The molecule has 0 aromatic heterocycles. The van der Waals surface area contributed by atoms with E-state index in [0.29, 0.717) is 30.9 Å². The minimum atomic E-state index is -0.986. The van der Waals surface area contributed by atoms with Crippen molar-refractivity contribution < 1.29 is 19.1 Å². The number of carbonyl (C=O) groups excluding carboxylic acids is 2. The molecule has 2 aromatic rings. The lowest BCUT2D eigenvalue weighted by Gasteiger charge is -2.18. The Morgan fingerprint density at radius 1 is 0.931 bits per heavy atom. The van der Waals surface area contributed by atoms with E-state index in [2.05, 4.69) is 10.6 Å². The minimum Gasteiger partial charge on any atom is -0.493 e. The highest BCUT2D eigenvalue weighted by Gasteiger charge is 2.56. The van der Waals surface area contributed by atoms with Gasteiger partial charge in [-0.3, -0.25) is 9.59 Å². The molecular weight excluding hydrogens is 368 g/mol. The molecule has 0 bridgehead atoms. The lowest BCUT2D eigenvalue weighted by atomic mass is 10.0. The molecule has 0 saturated heterocycles. The average molecular weight is 396 g/mol. The number of benzene rings is 2. The van der Waals surface area contributed by atoms with Crippen LogP contribution in [0, 0.1) is 26.2 Å². The van der Waals surface area contributed by atoms with Gasteiger partial charge in [0.1, 0.15) is 5.41 Å². The predicted molar refractivity (Wildman–Crippen MR) is 112 cm³/mol. The van der Waals surface area contributed by atoms with E-state index in [1.165, 1.54) is 0 Å². The summed E-state index contributed by atoms with van der Waals surface area (Å²) < 4.78 is 10.5. The summed E-state index contributed by atoms with van der Waals surface area (Å²) in [5.74, 6) is 0.748. The van der Waals surface area contributed by atoms with Gasteiger partial charge >= 0.3 is 0 Å². The molecule has 0 atom stereocenters. The van der Waals surface area contributed by atoms with E-state index in [1.807, 2.05) is 45.0 Å². The Morgan fingerprint density at radius 3 is 2.10 bits per heavy atom. The van der Waals surface area contributed by atoms with E-state index in [0.717, 1.165) is 27.9 Å². The number of carbonyl (C=O) groups is 2. The molecule has 0 radical (unpaired) electrons. The molecule has 6 nitrogen and oxygen atoms in total. The molecule has 0 unspecified atom stereocenters. The Morgan fingerprint density at radius 2 is 1.55 bits per heavy atom. The molecule has 0 heterocycles. The molecule has 29 heavy (non-hydrogen) atoms. The summed E-state index contributed by atoms with van der Waals surface area (Å²) in [6.07, 6.45) is 1.11. The van der Waals surface area contributed by atoms with Crippen molar-refractivity contribution in [3.05, 3.63) is 52.6 Å². The monoisotopic (exact) mass is 396 g/mol. The highest BCUT2D eigenvalue weighted by Crippen LogP contribution is 2.47. The van der Waals surface area contributed by atoms with Crippen LogP contribution in [0.2, 0.25) is 0 Å². The van der Waals surface area contributed by atoms with Crippen LogP contribution in [0.3, 0.4) is 0 Å². The van der Waals surface area contributed by atoms with Crippen LogP contribution in [0.4, 0.5) is 5.69 Å². The number of aryl methyl sites for hydroxylation is 3. The van der Waals surface area contributed by atoms with Gasteiger partial charge in [0.25, 0.3) is 0 Å². The zero-order chi connectivity index (χ0) is 21.2. The van der Waals surface area contributed by atoms with Gasteiger partial charge < -0.3 is 20.1 Å². The third-order valence-corrected chi connectivity index (χ3v) is 5.44. The van der Waals surface area contributed by atoms with Crippen molar-refractivity contribution in [2.45, 2.75) is 40.2 Å². The van der Waals surface area contributed by atoms with Crippen LogP contribution in [0.5, 0.6) is 11.5 Å². The Hall–Kier alpha value is -3.02. The molecule has 2 amide bonds. The number of anilines is 1. The molecule has 0 spiro atoms. The Bertz CT molecular complexity index is 925. The van der Waals surface area contributed by atoms with Crippen LogP contribution < -0.4 is 20.1 Å². The number of methoxy groups -OCH3 is 2. The largest absolute Gasteiger partial charge is 0.493 e. The zero-order valence-corrected chi connectivity index (χ0v) is 17.6. The van der Waals surface area contributed by atoms with Crippen molar-refractivity contribution in [1.29, 1.82) is 0 Å². The molecule has 2 N–H and O–H groups in total. The van der Waals surface area contributed by atoms with Crippen LogP contribution in [0.15, 0.2) is 30.3 Å². The molecule has 1 aliphatic rings. The van der Waals surface area contributed by atoms with Gasteiger partial charge in [0.2, 0.25) is 11.8 Å². The number of rotatable bonds is 7. The third-order valence-electron chi connectivity index (χ3n) is 5.44. The Kier molecular flexibility index (Phi) is 5.82. The fourth-order valence-electron chi connectivity index (χ4n) is 3.63. The van der Waals surface area contributed by atoms with E-state index < -0.39 is 5.41 Å². The number of hydrogen-bond donors (Lipinski definition) is 2. The van der Waals surface area contributed by atoms with Crippen molar-refractivity contribution in [2.24, 2.45) is 5.41 Å². The maximum absolute atomic E-state index is 12.9. The van der Waals surface area contributed by atoms with Crippen molar-refractivity contribution in [2.75, 3.05) is 19.5 Å². The summed E-state index contributed by atoms with van der Waals surface area (Å²) in [5.41, 5.74) is 3.82. The minimum absolute atomic E-state index is 0.239. The lowest BCUT2D eigenvalue weighted by Crippen LogP contribution is -2.39. The second-order valence-corrected chi connectivity index (χ2v) is 7.68. The smallest absolute Gasteiger partial charge is 0.240 e.